The summed E-state index contributed by atoms with van der Waals surface area (Å²) in [7, 11) is 0. The van der Waals surface area contributed by atoms with Crippen molar-refractivity contribution in [2.75, 3.05) is 25.9 Å². The zero-order valence-corrected chi connectivity index (χ0v) is 11.9. The van der Waals surface area contributed by atoms with Gasteiger partial charge < -0.3 is 10.6 Å². The van der Waals surface area contributed by atoms with Crippen molar-refractivity contribution in [3.63, 3.8) is 0 Å². The monoisotopic (exact) mass is 246 g/mol. The summed E-state index contributed by atoms with van der Waals surface area (Å²) in [6.07, 6.45) is 5.07. The molecule has 0 rings (SSSR count). The van der Waals surface area contributed by atoms with Crippen LogP contribution in [-0.2, 0) is 4.79 Å². The molecule has 1 amide bonds. The molecule has 0 spiro atoms. The summed E-state index contributed by atoms with van der Waals surface area (Å²) in [5.41, 5.74) is 0. The van der Waals surface area contributed by atoms with Crippen LogP contribution in [0.3, 0.4) is 0 Å². The lowest BCUT2D eigenvalue weighted by Gasteiger charge is -2.29. The molecule has 0 radical (unpaired) electrons. The zero-order valence-electron chi connectivity index (χ0n) is 11.1. The Morgan fingerprint density at radius 3 is 2.31 bits per heavy atom. The number of nitrogens with one attached hydrogen (secondary N) is 2. The van der Waals surface area contributed by atoms with E-state index in [1.165, 1.54) is 12.8 Å². The number of carbonyl (C=O) groups excluding carboxylic acids is 1. The van der Waals surface area contributed by atoms with Crippen LogP contribution in [0.2, 0.25) is 0 Å². The molecule has 0 atom stereocenters. The van der Waals surface area contributed by atoms with Crippen molar-refractivity contribution in [3.8, 4) is 0 Å². The Balaban J connectivity index is 3.74. The van der Waals surface area contributed by atoms with Crippen LogP contribution in [0.4, 0.5) is 0 Å². The third kappa shape index (κ3) is 5.75. The number of thioether (sulfide) groups is 1. The zero-order chi connectivity index (χ0) is 12.4. The minimum atomic E-state index is 0.137. The number of rotatable bonds is 9. The van der Waals surface area contributed by atoms with Gasteiger partial charge in [0.15, 0.2) is 0 Å². The van der Waals surface area contributed by atoms with E-state index in [1.807, 2.05) is 18.7 Å². The van der Waals surface area contributed by atoms with E-state index in [4.69, 9.17) is 0 Å². The van der Waals surface area contributed by atoms with Crippen molar-refractivity contribution in [1.82, 2.24) is 10.6 Å². The molecule has 0 aliphatic carbocycles. The fourth-order valence-electron chi connectivity index (χ4n) is 1.66. The lowest BCUT2D eigenvalue weighted by Crippen LogP contribution is -2.38. The first-order valence-electron chi connectivity index (χ1n) is 6.16. The molecule has 4 heteroatoms. The molecule has 2 N–H and O–H groups in total. The minimum Gasteiger partial charge on any atom is -0.356 e. The Kier molecular flexibility index (Phi) is 8.76. The highest BCUT2D eigenvalue weighted by molar-refractivity contribution is 8.00. The van der Waals surface area contributed by atoms with E-state index < -0.39 is 0 Å². The molecule has 0 saturated heterocycles. The molecular weight excluding hydrogens is 220 g/mol. The van der Waals surface area contributed by atoms with Gasteiger partial charge in [-0.15, -0.1) is 0 Å². The highest BCUT2D eigenvalue weighted by Gasteiger charge is 2.23. The van der Waals surface area contributed by atoms with Crippen molar-refractivity contribution in [2.45, 2.75) is 44.8 Å². The van der Waals surface area contributed by atoms with E-state index in [-0.39, 0.29) is 5.91 Å². The van der Waals surface area contributed by atoms with Gasteiger partial charge in [0.05, 0.1) is 0 Å². The van der Waals surface area contributed by atoms with Crippen LogP contribution in [0, 0.1) is 0 Å². The van der Waals surface area contributed by atoms with Gasteiger partial charge in [-0.25, -0.2) is 0 Å². The fraction of sp³-hybridized carbons (Fsp3) is 0.917. The molecule has 96 valence electrons. The number of hydrogen-bond acceptors (Lipinski definition) is 3. The predicted octanol–water partition coefficient (Wildman–Crippen LogP) is 2.02. The highest BCUT2D eigenvalue weighted by Crippen LogP contribution is 2.29. The lowest BCUT2D eigenvalue weighted by atomic mass is 10.0. The van der Waals surface area contributed by atoms with Gasteiger partial charge in [0.2, 0.25) is 5.91 Å². The maximum absolute atomic E-state index is 11.2. The summed E-state index contributed by atoms with van der Waals surface area (Å²) in [5.74, 6) is 0.137. The topological polar surface area (TPSA) is 41.1 Å². The third-order valence-electron chi connectivity index (χ3n) is 3.07. The average molecular weight is 246 g/mol. The fourth-order valence-corrected chi connectivity index (χ4v) is 2.49. The van der Waals surface area contributed by atoms with Crippen LogP contribution in [0.15, 0.2) is 0 Å². The summed E-state index contributed by atoms with van der Waals surface area (Å²) in [5, 5.41) is 6.19. The van der Waals surface area contributed by atoms with Gasteiger partial charge in [0.25, 0.3) is 0 Å². The first-order chi connectivity index (χ1) is 7.64. The first kappa shape index (κ1) is 15.8. The average Bonchev–Trinajstić information content (AvgIpc) is 2.31. The lowest BCUT2D eigenvalue weighted by molar-refractivity contribution is -0.120. The van der Waals surface area contributed by atoms with E-state index in [1.54, 1.807) is 0 Å². The van der Waals surface area contributed by atoms with Gasteiger partial charge in [-0.05, 0) is 26.0 Å². The number of carbonyl (C=O) groups is 1. The highest BCUT2D eigenvalue weighted by atomic mass is 32.2. The van der Waals surface area contributed by atoms with Gasteiger partial charge in [-0.3, -0.25) is 4.79 Å². The van der Waals surface area contributed by atoms with Crippen molar-refractivity contribution in [3.05, 3.63) is 0 Å². The van der Waals surface area contributed by atoms with Crippen LogP contribution in [0.5, 0.6) is 0 Å². The van der Waals surface area contributed by atoms with Gasteiger partial charge in [-0.1, -0.05) is 13.8 Å². The van der Waals surface area contributed by atoms with E-state index in [2.05, 4.69) is 30.7 Å². The molecule has 0 fully saturated rings. The molecule has 0 aromatic rings. The molecule has 0 saturated carbocycles. The van der Waals surface area contributed by atoms with E-state index in [0.29, 0.717) is 11.2 Å². The molecule has 0 aromatic carbocycles. The van der Waals surface area contributed by atoms with Crippen molar-refractivity contribution >= 4 is 17.7 Å². The van der Waals surface area contributed by atoms with Gasteiger partial charge in [-0.2, -0.15) is 11.8 Å². The van der Waals surface area contributed by atoms with E-state index in [0.717, 1.165) is 19.6 Å². The Labute approximate surface area is 104 Å². The molecule has 3 nitrogen and oxygen atoms in total. The second-order valence-electron chi connectivity index (χ2n) is 3.97. The van der Waals surface area contributed by atoms with Crippen molar-refractivity contribution < 1.29 is 4.79 Å². The normalized spacial score (nSPS) is 11.5. The molecule has 0 aliphatic heterocycles. The Morgan fingerprint density at radius 1 is 1.25 bits per heavy atom. The molecule has 0 aliphatic rings. The van der Waals surface area contributed by atoms with E-state index >= 15 is 0 Å². The Bertz CT molecular complexity index is 185. The SMILES string of the molecule is CCNC(=O)CCNCC(CC)(CC)SC. The maximum Gasteiger partial charge on any atom is 0.221 e. The molecule has 0 unspecified atom stereocenters. The molecule has 16 heavy (non-hydrogen) atoms. The second kappa shape index (κ2) is 8.88. The van der Waals surface area contributed by atoms with Gasteiger partial charge in [0, 0.05) is 30.8 Å². The third-order valence-corrected chi connectivity index (χ3v) is 4.66. The summed E-state index contributed by atoms with van der Waals surface area (Å²) >= 11 is 1.92. The number of amides is 1. The second-order valence-corrected chi connectivity index (χ2v) is 5.25. The summed E-state index contributed by atoms with van der Waals surface area (Å²) in [6, 6.07) is 0. The molecule has 0 heterocycles. The van der Waals surface area contributed by atoms with Crippen molar-refractivity contribution in [2.24, 2.45) is 0 Å². The molecule has 0 aromatic heterocycles. The quantitative estimate of drug-likeness (QED) is 0.612. The molecular formula is C12H26N2OS. The van der Waals surface area contributed by atoms with E-state index in [9.17, 15) is 4.79 Å². The van der Waals surface area contributed by atoms with Crippen LogP contribution in [0.1, 0.15) is 40.0 Å². The largest absolute Gasteiger partial charge is 0.356 e. The first-order valence-corrected chi connectivity index (χ1v) is 7.39. The predicted molar refractivity (Wildman–Crippen MR) is 73.0 cm³/mol. The maximum atomic E-state index is 11.2. The smallest absolute Gasteiger partial charge is 0.221 e. The Morgan fingerprint density at radius 2 is 1.88 bits per heavy atom. The van der Waals surface area contributed by atoms with Crippen LogP contribution in [0.25, 0.3) is 0 Å². The Hall–Kier alpha value is -0.220. The van der Waals surface area contributed by atoms with Crippen LogP contribution in [-0.4, -0.2) is 36.5 Å². The summed E-state index contributed by atoms with van der Waals surface area (Å²) < 4.78 is 0.335. The van der Waals surface area contributed by atoms with Crippen LogP contribution >= 0.6 is 11.8 Å². The van der Waals surface area contributed by atoms with Gasteiger partial charge >= 0.3 is 0 Å². The summed E-state index contributed by atoms with van der Waals surface area (Å²) in [4.78, 5) is 11.2. The number of hydrogen-bond donors (Lipinski definition) is 2. The summed E-state index contributed by atoms with van der Waals surface area (Å²) in [6.45, 7) is 8.88. The minimum absolute atomic E-state index is 0.137. The van der Waals surface area contributed by atoms with Crippen molar-refractivity contribution in [1.29, 1.82) is 0 Å². The van der Waals surface area contributed by atoms with Gasteiger partial charge in [0.1, 0.15) is 0 Å². The van der Waals surface area contributed by atoms with Crippen LogP contribution < -0.4 is 10.6 Å². The molecule has 0 bridgehead atoms. The standard InChI is InChI=1S/C12H26N2OS/c1-5-12(6-2,16-4)10-13-9-8-11(15)14-7-3/h13H,5-10H2,1-4H3,(H,14,15).